The van der Waals surface area contributed by atoms with Gasteiger partial charge in [-0.25, -0.2) is 0 Å². The van der Waals surface area contributed by atoms with Gasteiger partial charge in [-0.3, -0.25) is 10.1 Å². The Morgan fingerprint density at radius 2 is 2.05 bits per heavy atom. The fourth-order valence-corrected chi connectivity index (χ4v) is 4.47. The molecule has 2 aliphatic rings. The summed E-state index contributed by atoms with van der Waals surface area (Å²) in [5.41, 5.74) is -0.344. The van der Waals surface area contributed by atoms with Crippen molar-refractivity contribution in [1.29, 1.82) is 0 Å². The summed E-state index contributed by atoms with van der Waals surface area (Å²) >= 11 is 2.05. The van der Waals surface area contributed by atoms with E-state index >= 15 is 0 Å². The molecule has 2 fully saturated rings. The van der Waals surface area contributed by atoms with Crippen molar-refractivity contribution in [3.05, 3.63) is 0 Å². The van der Waals surface area contributed by atoms with E-state index in [1.807, 2.05) is 0 Å². The van der Waals surface area contributed by atoms with Crippen molar-refractivity contribution in [2.24, 2.45) is 11.8 Å². The summed E-state index contributed by atoms with van der Waals surface area (Å²) in [7, 11) is 0. The first-order valence-electron chi connectivity index (χ1n) is 8.12. The van der Waals surface area contributed by atoms with Crippen molar-refractivity contribution < 1.29 is 4.79 Å². The predicted octanol–water partition coefficient (Wildman–Crippen LogP) is 3.10. The van der Waals surface area contributed by atoms with Crippen LogP contribution in [-0.2, 0) is 4.79 Å². The third-order valence-electron chi connectivity index (χ3n) is 4.79. The lowest BCUT2D eigenvalue weighted by Gasteiger charge is -2.31. The van der Waals surface area contributed by atoms with E-state index in [0.29, 0.717) is 17.7 Å². The molecular weight excluding hydrogens is 268 g/mol. The monoisotopic (exact) mass is 298 g/mol. The standard InChI is InChI=1S/C16H30N2OS/c1-5-16(4)15(19)18(14(17-16)10-12(2)3)11-13-6-8-20-9-7-13/h12-14,17H,5-11H2,1-4H3. The lowest BCUT2D eigenvalue weighted by Crippen LogP contribution is -2.44. The van der Waals surface area contributed by atoms with E-state index in [1.165, 1.54) is 24.3 Å². The molecule has 1 N–H and O–H groups in total. The Morgan fingerprint density at radius 3 is 2.60 bits per heavy atom. The van der Waals surface area contributed by atoms with Gasteiger partial charge in [0.2, 0.25) is 5.91 Å². The van der Waals surface area contributed by atoms with Gasteiger partial charge in [0, 0.05) is 6.54 Å². The number of amides is 1. The highest BCUT2D eigenvalue weighted by Crippen LogP contribution is 2.30. The van der Waals surface area contributed by atoms with Crippen LogP contribution < -0.4 is 5.32 Å². The van der Waals surface area contributed by atoms with Gasteiger partial charge in [0.25, 0.3) is 0 Å². The number of thioether (sulfide) groups is 1. The van der Waals surface area contributed by atoms with Gasteiger partial charge in [0.15, 0.2) is 0 Å². The largest absolute Gasteiger partial charge is 0.325 e. The van der Waals surface area contributed by atoms with Gasteiger partial charge in [-0.15, -0.1) is 0 Å². The molecule has 0 bridgehead atoms. The normalized spacial score (nSPS) is 32.4. The topological polar surface area (TPSA) is 32.3 Å². The average molecular weight is 298 g/mol. The molecule has 0 aromatic carbocycles. The van der Waals surface area contributed by atoms with E-state index in [1.54, 1.807) is 0 Å². The lowest BCUT2D eigenvalue weighted by molar-refractivity contribution is -0.133. The molecule has 20 heavy (non-hydrogen) atoms. The number of carbonyl (C=O) groups is 1. The van der Waals surface area contributed by atoms with Crippen LogP contribution in [0, 0.1) is 11.8 Å². The molecule has 3 nitrogen and oxygen atoms in total. The summed E-state index contributed by atoms with van der Waals surface area (Å²) in [6.07, 6.45) is 4.71. The molecule has 0 aliphatic carbocycles. The molecule has 0 radical (unpaired) electrons. The molecule has 4 heteroatoms. The van der Waals surface area contributed by atoms with E-state index in [2.05, 4.69) is 49.7 Å². The van der Waals surface area contributed by atoms with E-state index in [-0.39, 0.29) is 11.7 Å². The number of nitrogens with one attached hydrogen (secondary N) is 1. The molecule has 0 aromatic rings. The average Bonchev–Trinajstić information content (AvgIpc) is 2.65. The van der Waals surface area contributed by atoms with Crippen LogP contribution in [0.3, 0.4) is 0 Å². The molecule has 2 aliphatic heterocycles. The molecule has 1 amide bonds. The van der Waals surface area contributed by atoms with Gasteiger partial charge in [-0.05, 0) is 55.9 Å². The summed E-state index contributed by atoms with van der Waals surface area (Å²) in [5.74, 6) is 4.17. The Hall–Kier alpha value is -0.220. The van der Waals surface area contributed by atoms with Gasteiger partial charge in [-0.2, -0.15) is 11.8 Å². The second kappa shape index (κ2) is 6.69. The highest BCUT2D eigenvalue weighted by molar-refractivity contribution is 7.99. The zero-order valence-electron chi connectivity index (χ0n) is 13.4. The van der Waals surface area contributed by atoms with Crippen LogP contribution in [0.2, 0.25) is 0 Å². The highest BCUT2D eigenvalue weighted by Gasteiger charge is 2.46. The summed E-state index contributed by atoms with van der Waals surface area (Å²) < 4.78 is 0. The minimum Gasteiger partial charge on any atom is -0.325 e. The third-order valence-corrected chi connectivity index (χ3v) is 5.84. The van der Waals surface area contributed by atoms with Gasteiger partial charge in [-0.1, -0.05) is 20.8 Å². The van der Waals surface area contributed by atoms with Crippen molar-refractivity contribution in [1.82, 2.24) is 10.2 Å². The first-order chi connectivity index (χ1) is 9.46. The smallest absolute Gasteiger partial charge is 0.243 e. The third kappa shape index (κ3) is 3.51. The molecule has 116 valence electrons. The Morgan fingerprint density at radius 1 is 1.40 bits per heavy atom. The van der Waals surface area contributed by atoms with Crippen LogP contribution in [-0.4, -0.2) is 40.6 Å². The zero-order chi connectivity index (χ0) is 14.8. The molecule has 2 heterocycles. The number of nitrogens with zero attached hydrogens (tertiary/aromatic N) is 1. The van der Waals surface area contributed by atoms with Crippen LogP contribution in [0.15, 0.2) is 0 Å². The fraction of sp³-hybridized carbons (Fsp3) is 0.938. The van der Waals surface area contributed by atoms with E-state index in [9.17, 15) is 4.79 Å². The van der Waals surface area contributed by atoms with Crippen LogP contribution in [0.1, 0.15) is 53.4 Å². The minimum atomic E-state index is -0.344. The molecule has 0 spiro atoms. The van der Waals surface area contributed by atoms with Crippen LogP contribution >= 0.6 is 11.8 Å². The minimum absolute atomic E-state index is 0.238. The Kier molecular flexibility index (Phi) is 5.41. The van der Waals surface area contributed by atoms with Crippen molar-refractivity contribution >= 4 is 17.7 Å². The Balaban J connectivity index is 2.06. The molecule has 0 saturated carbocycles. The number of hydrogen-bond acceptors (Lipinski definition) is 3. The molecular formula is C16H30N2OS. The second-order valence-corrected chi connectivity index (χ2v) is 8.21. The van der Waals surface area contributed by atoms with E-state index in [0.717, 1.165) is 19.4 Å². The van der Waals surface area contributed by atoms with Crippen molar-refractivity contribution in [2.75, 3.05) is 18.1 Å². The number of rotatable bonds is 5. The maximum absolute atomic E-state index is 12.8. The molecule has 2 atom stereocenters. The van der Waals surface area contributed by atoms with E-state index < -0.39 is 0 Å². The Labute approximate surface area is 128 Å². The summed E-state index contributed by atoms with van der Waals surface area (Å²) in [6, 6.07) is 0. The first kappa shape index (κ1) is 16.2. The fourth-order valence-electron chi connectivity index (χ4n) is 3.27. The van der Waals surface area contributed by atoms with Crippen LogP contribution in [0.5, 0.6) is 0 Å². The molecule has 0 aromatic heterocycles. The predicted molar refractivity (Wildman–Crippen MR) is 86.8 cm³/mol. The maximum Gasteiger partial charge on any atom is 0.243 e. The van der Waals surface area contributed by atoms with Crippen molar-refractivity contribution in [3.63, 3.8) is 0 Å². The zero-order valence-corrected chi connectivity index (χ0v) is 14.3. The summed E-state index contributed by atoms with van der Waals surface area (Å²) in [6.45, 7) is 9.61. The highest BCUT2D eigenvalue weighted by atomic mass is 32.2. The first-order valence-corrected chi connectivity index (χ1v) is 9.28. The van der Waals surface area contributed by atoms with Gasteiger partial charge in [0.05, 0.1) is 11.7 Å². The summed E-state index contributed by atoms with van der Waals surface area (Å²) in [5, 5.41) is 3.61. The Bertz CT molecular complexity index is 341. The SMILES string of the molecule is CCC1(C)NC(CC(C)C)N(CC2CCSCC2)C1=O. The maximum atomic E-state index is 12.8. The lowest BCUT2D eigenvalue weighted by atomic mass is 9.98. The summed E-state index contributed by atoms with van der Waals surface area (Å²) in [4.78, 5) is 14.9. The van der Waals surface area contributed by atoms with Crippen molar-refractivity contribution in [3.8, 4) is 0 Å². The van der Waals surface area contributed by atoms with E-state index in [4.69, 9.17) is 0 Å². The van der Waals surface area contributed by atoms with Gasteiger partial charge < -0.3 is 4.90 Å². The van der Waals surface area contributed by atoms with Gasteiger partial charge >= 0.3 is 0 Å². The number of carbonyl (C=O) groups excluding carboxylic acids is 1. The molecule has 2 rings (SSSR count). The van der Waals surface area contributed by atoms with Crippen LogP contribution in [0.25, 0.3) is 0 Å². The van der Waals surface area contributed by atoms with Crippen LogP contribution in [0.4, 0.5) is 0 Å². The van der Waals surface area contributed by atoms with Crippen molar-refractivity contribution in [2.45, 2.75) is 65.1 Å². The quantitative estimate of drug-likeness (QED) is 0.846. The second-order valence-electron chi connectivity index (χ2n) is 6.99. The number of hydrogen-bond donors (Lipinski definition) is 1. The van der Waals surface area contributed by atoms with Gasteiger partial charge in [0.1, 0.15) is 0 Å². The molecule has 2 unspecified atom stereocenters. The molecule has 2 saturated heterocycles.